The number of rotatable bonds is 8. The van der Waals surface area contributed by atoms with Gasteiger partial charge in [-0.3, -0.25) is 4.90 Å². The van der Waals surface area contributed by atoms with E-state index in [4.69, 9.17) is 16.3 Å². The minimum absolute atomic E-state index is 0.0489. The Balaban J connectivity index is 1.24. The molecule has 0 radical (unpaired) electrons. The molecule has 35 heavy (non-hydrogen) atoms. The van der Waals surface area contributed by atoms with Crippen LogP contribution in [0.25, 0.3) is 0 Å². The number of hydrogen-bond donors (Lipinski definition) is 1. The molecule has 0 spiro atoms. The SMILES string of the molecule is O=C(c1cc(C2CC2)c(CN2CCC(Oc3ccc(F)cc3Cl)CC2)cc1F)[NH+]([O-])S(=O)C1CC1. The quantitative estimate of drug-likeness (QED) is 0.530. The Kier molecular flexibility index (Phi) is 7.23. The first-order valence-electron chi connectivity index (χ1n) is 12.0. The highest BCUT2D eigenvalue weighted by Crippen LogP contribution is 2.43. The maximum atomic E-state index is 15.0. The number of benzene rings is 2. The number of carbonyl (C=O) groups is 1. The Morgan fingerprint density at radius 1 is 1.11 bits per heavy atom. The van der Waals surface area contributed by atoms with Gasteiger partial charge in [0, 0.05) is 19.6 Å². The van der Waals surface area contributed by atoms with Gasteiger partial charge in [0.05, 0.1) is 10.3 Å². The van der Waals surface area contributed by atoms with Gasteiger partial charge in [-0.05, 0) is 85.9 Å². The van der Waals surface area contributed by atoms with Crippen LogP contribution in [0.1, 0.15) is 65.9 Å². The van der Waals surface area contributed by atoms with E-state index in [1.165, 1.54) is 30.3 Å². The largest absolute Gasteiger partial charge is 0.612 e. The van der Waals surface area contributed by atoms with Gasteiger partial charge in [0.25, 0.3) is 0 Å². The second-order valence-corrected chi connectivity index (χ2v) is 11.6. The van der Waals surface area contributed by atoms with Crippen molar-refractivity contribution < 1.29 is 27.0 Å². The maximum absolute atomic E-state index is 15.0. The first kappa shape index (κ1) is 24.8. The predicted molar refractivity (Wildman–Crippen MR) is 129 cm³/mol. The predicted octanol–water partition coefficient (Wildman–Crippen LogP) is 3.89. The third-order valence-electron chi connectivity index (χ3n) is 6.80. The van der Waals surface area contributed by atoms with E-state index in [9.17, 15) is 23.0 Å². The lowest BCUT2D eigenvalue weighted by molar-refractivity contribution is -0.601. The Labute approximate surface area is 210 Å². The summed E-state index contributed by atoms with van der Waals surface area (Å²) in [6.07, 6.45) is 4.69. The van der Waals surface area contributed by atoms with Crippen LogP contribution in [0.15, 0.2) is 30.3 Å². The number of hydroxylamine groups is 1. The molecule has 3 fully saturated rings. The molecule has 2 saturated carbocycles. The van der Waals surface area contributed by atoms with Crippen LogP contribution in [-0.4, -0.2) is 39.5 Å². The molecule has 0 aromatic heterocycles. The molecular formula is C25H27ClF2N2O4S. The molecule has 1 amide bonds. The molecule has 1 N–H and O–H groups in total. The normalized spacial score (nSPS) is 21.0. The summed E-state index contributed by atoms with van der Waals surface area (Å²) in [5.41, 5.74) is 1.45. The van der Waals surface area contributed by atoms with Gasteiger partial charge in [0.15, 0.2) is 0 Å². The number of piperidine rings is 1. The molecule has 5 rings (SSSR count). The Bertz CT molecular complexity index is 1150. The summed E-state index contributed by atoms with van der Waals surface area (Å²) in [6.45, 7) is 1.99. The van der Waals surface area contributed by atoms with Crippen molar-refractivity contribution in [1.29, 1.82) is 0 Å². The fraction of sp³-hybridized carbons (Fsp3) is 0.480. The number of amides is 1. The molecular weight excluding hydrogens is 498 g/mol. The molecule has 2 aromatic carbocycles. The molecule has 6 nitrogen and oxygen atoms in total. The van der Waals surface area contributed by atoms with Crippen LogP contribution in [0.3, 0.4) is 0 Å². The zero-order valence-corrected chi connectivity index (χ0v) is 20.7. The van der Waals surface area contributed by atoms with Crippen molar-refractivity contribution >= 4 is 28.5 Å². The van der Waals surface area contributed by atoms with E-state index in [-0.39, 0.29) is 27.9 Å². The number of quaternary nitrogens is 1. The van der Waals surface area contributed by atoms with Gasteiger partial charge in [-0.2, -0.15) is 4.21 Å². The molecule has 188 valence electrons. The molecule has 10 heteroatoms. The molecule has 1 aliphatic heterocycles. The standard InChI is InChI=1S/C25H27ClF2N2O4S/c26-22-12-17(27)3-6-24(22)34-18-7-9-29(10-8-18)14-16-11-23(28)21(13-20(16)15-1-2-15)25(31)30(32)35(33)19-4-5-19/h3,6,11-13,15,18-19,30H,1-2,4-5,7-10,14H2. The van der Waals surface area contributed by atoms with Crippen LogP contribution in [0.5, 0.6) is 5.75 Å². The summed E-state index contributed by atoms with van der Waals surface area (Å²) >= 11 is 6.07. The molecule has 2 aliphatic carbocycles. The molecule has 1 saturated heterocycles. The molecule has 0 bridgehead atoms. The van der Waals surface area contributed by atoms with Crippen molar-refractivity contribution in [1.82, 2.24) is 4.90 Å². The smallest absolute Gasteiger partial charge is 0.360 e. The average Bonchev–Trinajstić information content (AvgIpc) is 3.74. The minimum atomic E-state index is -1.88. The van der Waals surface area contributed by atoms with Crippen LogP contribution in [-0.2, 0) is 17.5 Å². The van der Waals surface area contributed by atoms with Crippen molar-refractivity contribution in [3.63, 3.8) is 0 Å². The highest BCUT2D eigenvalue weighted by atomic mass is 35.5. The second-order valence-electron chi connectivity index (χ2n) is 9.59. The van der Waals surface area contributed by atoms with E-state index in [1.54, 1.807) is 0 Å². The van der Waals surface area contributed by atoms with E-state index in [0.29, 0.717) is 25.1 Å². The molecule has 1 heterocycles. The first-order valence-corrected chi connectivity index (χ1v) is 13.5. The summed E-state index contributed by atoms with van der Waals surface area (Å²) in [7, 11) is -1.88. The van der Waals surface area contributed by atoms with Crippen molar-refractivity contribution in [2.45, 2.75) is 62.3 Å². The van der Waals surface area contributed by atoms with Gasteiger partial charge < -0.3 is 9.94 Å². The van der Waals surface area contributed by atoms with Crippen LogP contribution in [0.2, 0.25) is 5.02 Å². The maximum Gasteiger partial charge on any atom is 0.360 e. The third-order valence-corrected chi connectivity index (χ3v) is 8.73. The van der Waals surface area contributed by atoms with Crippen molar-refractivity contribution in [3.8, 4) is 5.75 Å². The molecule has 3 aliphatic rings. The summed E-state index contributed by atoms with van der Waals surface area (Å²) in [6, 6.07) is 6.96. The highest BCUT2D eigenvalue weighted by molar-refractivity contribution is 7.79. The molecule has 2 unspecified atom stereocenters. The van der Waals surface area contributed by atoms with Gasteiger partial charge in [0.1, 0.15) is 29.1 Å². The number of ether oxygens (including phenoxy) is 1. The van der Waals surface area contributed by atoms with Gasteiger partial charge in [-0.25, -0.2) is 18.0 Å². The lowest BCUT2D eigenvalue weighted by Crippen LogP contribution is -3.10. The van der Waals surface area contributed by atoms with Crippen LogP contribution in [0.4, 0.5) is 8.78 Å². The average molecular weight is 525 g/mol. The van der Waals surface area contributed by atoms with Crippen LogP contribution < -0.4 is 9.21 Å². The number of hydrogen-bond acceptors (Lipinski definition) is 5. The first-order chi connectivity index (χ1) is 16.8. The summed E-state index contributed by atoms with van der Waals surface area (Å²) < 4.78 is 45.3. The fourth-order valence-corrected chi connectivity index (χ4v) is 5.90. The Hall–Kier alpha value is -1.91. The Morgan fingerprint density at radius 3 is 2.46 bits per heavy atom. The minimum Gasteiger partial charge on any atom is -0.612 e. The van der Waals surface area contributed by atoms with Crippen molar-refractivity contribution in [3.05, 3.63) is 68.9 Å². The van der Waals surface area contributed by atoms with E-state index in [1.807, 2.05) is 0 Å². The van der Waals surface area contributed by atoms with Gasteiger partial charge in [0.2, 0.25) is 11.0 Å². The monoisotopic (exact) mass is 524 g/mol. The summed E-state index contributed by atoms with van der Waals surface area (Å²) in [5, 5.41) is 12.3. The van der Waals surface area contributed by atoms with Gasteiger partial charge >= 0.3 is 5.91 Å². The van der Waals surface area contributed by atoms with Crippen LogP contribution in [0, 0.1) is 16.8 Å². The zero-order valence-electron chi connectivity index (χ0n) is 19.1. The highest BCUT2D eigenvalue weighted by Gasteiger charge is 2.38. The Morgan fingerprint density at radius 2 is 1.83 bits per heavy atom. The number of likely N-dealkylation sites (tertiary alicyclic amines) is 1. The lowest BCUT2D eigenvalue weighted by Gasteiger charge is -2.33. The molecule has 2 aromatic rings. The number of nitrogens with one attached hydrogen (secondary N) is 1. The third kappa shape index (κ3) is 5.75. The van der Waals surface area contributed by atoms with Crippen LogP contribution >= 0.6 is 11.6 Å². The summed E-state index contributed by atoms with van der Waals surface area (Å²) in [5.74, 6) is -1.42. The van der Waals surface area contributed by atoms with E-state index >= 15 is 0 Å². The lowest BCUT2D eigenvalue weighted by atomic mass is 9.97. The zero-order chi connectivity index (χ0) is 24.7. The van der Waals surface area contributed by atoms with E-state index in [2.05, 4.69) is 4.90 Å². The number of halogens is 3. The number of nitrogens with zero attached hydrogens (tertiary/aromatic N) is 1. The number of carbonyl (C=O) groups excluding carboxylic acids is 1. The fourth-order valence-electron chi connectivity index (χ4n) is 4.53. The van der Waals surface area contributed by atoms with Crippen molar-refractivity contribution in [2.75, 3.05) is 13.1 Å². The van der Waals surface area contributed by atoms with E-state index in [0.717, 1.165) is 49.9 Å². The van der Waals surface area contributed by atoms with Gasteiger partial charge in [-0.1, -0.05) is 11.6 Å². The van der Waals surface area contributed by atoms with Crippen molar-refractivity contribution in [2.24, 2.45) is 0 Å². The second kappa shape index (κ2) is 10.2. The summed E-state index contributed by atoms with van der Waals surface area (Å²) in [4.78, 5) is 14.8. The topological polar surface area (TPSA) is 74.1 Å². The van der Waals surface area contributed by atoms with E-state index < -0.39 is 33.0 Å². The van der Waals surface area contributed by atoms with Gasteiger partial charge in [-0.15, -0.1) is 0 Å². The molecule has 2 atom stereocenters.